The van der Waals surface area contributed by atoms with E-state index in [4.69, 9.17) is 14.2 Å². The molecule has 4 nitrogen and oxygen atoms in total. The van der Waals surface area contributed by atoms with Crippen molar-refractivity contribution in [2.24, 2.45) is 5.92 Å². The summed E-state index contributed by atoms with van der Waals surface area (Å²) in [6.07, 6.45) is 1.91. The first kappa shape index (κ1) is 9.75. The molecule has 0 aromatic carbocycles. The van der Waals surface area contributed by atoms with Crippen LogP contribution in [0.3, 0.4) is 0 Å². The second-order valence-electron chi connectivity index (χ2n) is 5.09. The minimum atomic E-state index is -0.569. The summed E-state index contributed by atoms with van der Waals surface area (Å²) in [5.41, 5.74) is 0. The first-order valence-corrected chi connectivity index (χ1v) is 5.58. The van der Waals surface area contributed by atoms with Crippen LogP contribution in [0.1, 0.15) is 33.1 Å². The molecule has 0 aromatic heterocycles. The van der Waals surface area contributed by atoms with Gasteiger partial charge in [0.2, 0.25) is 0 Å². The fraction of sp³-hybridized carbons (Fsp3) is 0.909. The van der Waals surface area contributed by atoms with Gasteiger partial charge in [-0.15, -0.1) is 0 Å². The van der Waals surface area contributed by atoms with Crippen LogP contribution in [0.25, 0.3) is 0 Å². The summed E-state index contributed by atoms with van der Waals surface area (Å²) in [4.78, 5) is 11.4. The van der Waals surface area contributed by atoms with Gasteiger partial charge in [-0.1, -0.05) is 0 Å². The molecule has 4 heteroatoms. The van der Waals surface area contributed by atoms with Crippen molar-refractivity contribution in [3.8, 4) is 0 Å². The summed E-state index contributed by atoms with van der Waals surface area (Å²) < 4.78 is 17.2. The number of fused-ring (bicyclic) bond motifs is 3. The SMILES string of the molecule is CC1(C)O[C@H]2O[C@@H]3CCC(=O)C[C@H]3[C@H]2O1. The van der Waals surface area contributed by atoms with Crippen molar-refractivity contribution >= 4 is 5.78 Å². The van der Waals surface area contributed by atoms with Crippen LogP contribution < -0.4 is 0 Å². The van der Waals surface area contributed by atoms with Gasteiger partial charge in [0.25, 0.3) is 0 Å². The number of carbonyl (C=O) groups excluding carboxylic acids is 1. The molecule has 3 aliphatic rings. The molecule has 2 saturated heterocycles. The molecule has 2 aliphatic heterocycles. The maximum Gasteiger partial charge on any atom is 0.187 e. The molecule has 1 aliphatic carbocycles. The van der Waals surface area contributed by atoms with Gasteiger partial charge in [-0.3, -0.25) is 4.79 Å². The summed E-state index contributed by atoms with van der Waals surface area (Å²) in [6.45, 7) is 3.77. The molecule has 0 bridgehead atoms. The van der Waals surface area contributed by atoms with Crippen LogP contribution in [0.4, 0.5) is 0 Å². The molecule has 4 atom stereocenters. The molecule has 3 rings (SSSR count). The zero-order valence-electron chi connectivity index (χ0n) is 9.06. The Morgan fingerprint density at radius 1 is 1.33 bits per heavy atom. The second kappa shape index (κ2) is 3.03. The Kier molecular flexibility index (Phi) is 1.97. The maximum atomic E-state index is 11.4. The molecular formula is C11H16O4. The van der Waals surface area contributed by atoms with Crippen molar-refractivity contribution < 1.29 is 19.0 Å². The van der Waals surface area contributed by atoms with E-state index in [1.807, 2.05) is 13.8 Å². The van der Waals surface area contributed by atoms with Crippen molar-refractivity contribution in [1.82, 2.24) is 0 Å². The number of carbonyl (C=O) groups is 1. The van der Waals surface area contributed by atoms with Crippen molar-refractivity contribution in [1.29, 1.82) is 0 Å². The van der Waals surface area contributed by atoms with E-state index >= 15 is 0 Å². The number of hydrogen-bond acceptors (Lipinski definition) is 4. The molecule has 0 amide bonds. The Hall–Kier alpha value is -0.450. The third-order valence-corrected chi connectivity index (χ3v) is 3.47. The van der Waals surface area contributed by atoms with E-state index in [2.05, 4.69) is 0 Å². The van der Waals surface area contributed by atoms with Crippen LogP contribution in [-0.4, -0.2) is 30.1 Å². The highest BCUT2D eigenvalue weighted by molar-refractivity contribution is 5.79. The lowest BCUT2D eigenvalue weighted by molar-refractivity contribution is -0.212. The molecule has 15 heavy (non-hydrogen) atoms. The lowest BCUT2D eigenvalue weighted by atomic mass is 9.84. The molecule has 0 unspecified atom stereocenters. The van der Waals surface area contributed by atoms with E-state index in [1.54, 1.807) is 0 Å². The van der Waals surface area contributed by atoms with Crippen molar-refractivity contribution in [2.45, 2.75) is 57.4 Å². The molecule has 0 aromatic rings. The van der Waals surface area contributed by atoms with Crippen LogP contribution >= 0.6 is 0 Å². The van der Waals surface area contributed by atoms with E-state index in [0.29, 0.717) is 18.6 Å². The van der Waals surface area contributed by atoms with Crippen molar-refractivity contribution in [3.05, 3.63) is 0 Å². The Morgan fingerprint density at radius 3 is 2.93 bits per heavy atom. The van der Waals surface area contributed by atoms with E-state index in [9.17, 15) is 4.79 Å². The molecule has 0 spiro atoms. The first-order chi connectivity index (χ1) is 7.05. The zero-order valence-corrected chi connectivity index (χ0v) is 9.06. The van der Waals surface area contributed by atoms with Gasteiger partial charge in [-0.05, 0) is 20.3 Å². The Labute approximate surface area is 88.9 Å². The normalized spacial score (nSPS) is 47.7. The summed E-state index contributed by atoms with van der Waals surface area (Å²) in [6, 6.07) is 0. The fourth-order valence-electron chi connectivity index (χ4n) is 2.83. The highest BCUT2D eigenvalue weighted by Crippen LogP contribution is 2.45. The fourth-order valence-corrected chi connectivity index (χ4v) is 2.83. The van der Waals surface area contributed by atoms with E-state index in [0.717, 1.165) is 6.42 Å². The van der Waals surface area contributed by atoms with Gasteiger partial charge in [-0.25, -0.2) is 0 Å². The standard InChI is InChI=1S/C11H16O4/c1-11(2)14-9-7-5-6(12)3-4-8(7)13-10(9)15-11/h7-10H,3-5H2,1-2H3/t7-,8-,9-,10-/m1/s1. The quantitative estimate of drug-likeness (QED) is 0.606. The minimum Gasteiger partial charge on any atom is -0.346 e. The minimum absolute atomic E-state index is 0.0470. The van der Waals surface area contributed by atoms with Gasteiger partial charge in [0.1, 0.15) is 11.9 Å². The van der Waals surface area contributed by atoms with Gasteiger partial charge < -0.3 is 14.2 Å². The Bertz CT molecular complexity index is 299. The lowest BCUT2D eigenvalue weighted by Gasteiger charge is -2.28. The Morgan fingerprint density at radius 2 is 2.13 bits per heavy atom. The monoisotopic (exact) mass is 212 g/mol. The average Bonchev–Trinajstić information content (AvgIpc) is 2.58. The van der Waals surface area contributed by atoms with E-state index in [-0.39, 0.29) is 24.4 Å². The molecule has 1 saturated carbocycles. The van der Waals surface area contributed by atoms with Gasteiger partial charge in [-0.2, -0.15) is 0 Å². The smallest absolute Gasteiger partial charge is 0.187 e. The first-order valence-electron chi connectivity index (χ1n) is 5.58. The highest BCUT2D eigenvalue weighted by Gasteiger charge is 2.55. The number of ketones is 1. The molecule has 2 heterocycles. The maximum absolute atomic E-state index is 11.4. The molecule has 0 radical (unpaired) electrons. The number of ether oxygens (including phenoxy) is 3. The summed E-state index contributed by atoms with van der Waals surface area (Å²) >= 11 is 0. The molecule has 84 valence electrons. The molecular weight excluding hydrogens is 196 g/mol. The predicted octanol–water partition coefficient (Wildman–Crippen LogP) is 1.23. The van der Waals surface area contributed by atoms with Gasteiger partial charge in [0.05, 0.1) is 6.10 Å². The van der Waals surface area contributed by atoms with Gasteiger partial charge in [0.15, 0.2) is 12.1 Å². The number of Topliss-reactive ketones (excluding diaryl/α,β-unsaturated/α-hetero) is 1. The van der Waals surface area contributed by atoms with Crippen molar-refractivity contribution in [2.75, 3.05) is 0 Å². The number of hydrogen-bond donors (Lipinski definition) is 0. The summed E-state index contributed by atoms with van der Waals surface area (Å²) in [5, 5.41) is 0. The van der Waals surface area contributed by atoms with Crippen LogP contribution in [-0.2, 0) is 19.0 Å². The van der Waals surface area contributed by atoms with Crippen LogP contribution in [0.5, 0.6) is 0 Å². The summed E-state index contributed by atoms with van der Waals surface area (Å²) in [5.74, 6) is -0.0345. The highest BCUT2D eigenvalue weighted by atomic mass is 16.8. The number of rotatable bonds is 0. The third-order valence-electron chi connectivity index (χ3n) is 3.47. The predicted molar refractivity (Wildman–Crippen MR) is 51.0 cm³/mol. The largest absolute Gasteiger partial charge is 0.346 e. The van der Waals surface area contributed by atoms with Crippen LogP contribution in [0.15, 0.2) is 0 Å². The molecule has 0 N–H and O–H groups in total. The van der Waals surface area contributed by atoms with Crippen LogP contribution in [0, 0.1) is 5.92 Å². The summed E-state index contributed by atoms with van der Waals surface area (Å²) in [7, 11) is 0. The van der Waals surface area contributed by atoms with Gasteiger partial charge >= 0.3 is 0 Å². The topological polar surface area (TPSA) is 44.8 Å². The van der Waals surface area contributed by atoms with Crippen molar-refractivity contribution in [3.63, 3.8) is 0 Å². The third kappa shape index (κ3) is 1.51. The van der Waals surface area contributed by atoms with Crippen LogP contribution in [0.2, 0.25) is 0 Å². The Balaban J connectivity index is 1.79. The second-order valence-corrected chi connectivity index (χ2v) is 5.09. The average molecular weight is 212 g/mol. The van der Waals surface area contributed by atoms with E-state index in [1.165, 1.54) is 0 Å². The molecule has 3 fully saturated rings. The zero-order chi connectivity index (χ0) is 10.6. The van der Waals surface area contributed by atoms with E-state index < -0.39 is 5.79 Å². The lowest BCUT2D eigenvalue weighted by Crippen LogP contribution is -2.34. The van der Waals surface area contributed by atoms with Gasteiger partial charge in [0, 0.05) is 18.8 Å².